The van der Waals surface area contributed by atoms with Crippen LogP contribution in [0.25, 0.3) is 0 Å². The standard InChI is InChI=1S/C6H12O2S/c1-3-4-8-9-5-6(2)7/h3,6-7H,1,4-5H2,2H3. The molecule has 1 N–H and O–H groups in total. The quantitative estimate of drug-likeness (QED) is 0.361. The fourth-order valence-electron chi connectivity index (χ4n) is 0.243. The van der Waals surface area contributed by atoms with Gasteiger partial charge in [0.25, 0.3) is 0 Å². The summed E-state index contributed by atoms with van der Waals surface area (Å²) in [6, 6.07) is 0. The van der Waals surface area contributed by atoms with Crippen molar-refractivity contribution in [2.24, 2.45) is 0 Å². The molecule has 0 amide bonds. The lowest BCUT2D eigenvalue weighted by Gasteiger charge is -2.00. The van der Waals surface area contributed by atoms with Gasteiger partial charge in [0.15, 0.2) is 0 Å². The highest BCUT2D eigenvalue weighted by Crippen LogP contribution is 2.03. The van der Waals surface area contributed by atoms with E-state index in [1.165, 1.54) is 12.0 Å². The zero-order chi connectivity index (χ0) is 7.11. The fourth-order valence-corrected chi connectivity index (χ4v) is 0.728. The lowest BCUT2D eigenvalue weighted by molar-refractivity contribution is 0.218. The maximum Gasteiger partial charge on any atom is 0.0792 e. The Bertz CT molecular complexity index is 73.5. The average molecular weight is 148 g/mol. The fraction of sp³-hybridized carbons (Fsp3) is 0.667. The van der Waals surface area contributed by atoms with E-state index in [1.807, 2.05) is 0 Å². The van der Waals surface area contributed by atoms with Crippen molar-refractivity contribution >= 4 is 12.0 Å². The van der Waals surface area contributed by atoms with E-state index in [0.29, 0.717) is 12.4 Å². The van der Waals surface area contributed by atoms with Crippen LogP contribution in [0.1, 0.15) is 6.92 Å². The molecule has 0 spiro atoms. The molecule has 0 bridgehead atoms. The van der Waals surface area contributed by atoms with Crippen LogP contribution in [0.5, 0.6) is 0 Å². The molecule has 1 unspecified atom stereocenters. The van der Waals surface area contributed by atoms with Crippen molar-refractivity contribution in [2.45, 2.75) is 13.0 Å². The first-order chi connectivity index (χ1) is 4.27. The molecule has 0 radical (unpaired) electrons. The molecule has 1 atom stereocenters. The first-order valence-electron chi connectivity index (χ1n) is 2.80. The zero-order valence-corrected chi connectivity index (χ0v) is 6.36. The Balaban J connectivity index is 2.82. The summed E-state index contributed by atoms with van der Waals surface area (Å²) in [5.41, 5.74) is 0. The Morgan fingerprint density at radius 3 is 3.00 bits per heavy atom. The molecule has 0 saturated carbocycles. The second kappa shape index (κ2) is 6.13. The number of rotatable bonds is 5. The van der Waals surface area contributed by atoms with Gasteiger partial charge in [-0.2, -0.15) is 0 Å². The third-order valence-electron chi connectivity index (χ3n) is 0.578. The molecule has 9 heavy (non-hydrogen) atoms. The maximum atomic E-state index is 8.73. The first kappa shape index (κ1) is 9.01. The van der Waals surface area contributed by atoms with E-state index in [-0.39, 0.29) is 6.10 Å². The molecular weight excluding hydrogens is 136 g/mol. The van der Waals surface area contributed by atoms with E-state index in [9.17, 15) is 0 Å². The highest BCUT2D eigenvalue weighted by Gasteiger charge is 1.93. The van der Waals surface area contributed by atoms with Crippen molar-refractivity contribution in [3.05, 3.63) is 12.7 Å². The molecule has 0 rings (SSSR count). The van der Waals surface area contributed by atoms with Gasteiger partial charge in [-0.25, -0.2) is 0 Å². The van der Waals surface area contributed by atoms with Crippen molar-refractivity contribution < 1.29 is 9.29 Å². The molecule has 2 nitrogen and oxygen atoms in total. The summed E-state index contributed by atoms with van der Waals surface area (Å²) < 4.78 is 4.93. The number of aliphatic hydroxyl groups is 1. The van der Waals surface area contributed by atoms with Crippen LogP contribution >= 0.6 is 12.0 Å². The molecule has 0 aromatic rings. The van der Waals surface area contributed by atoms with Gasteiger partial charge in [-0.15, -0.1) is 6.58 Å². The van der Waals surface area contributed by atoms with Gasteiger partial charge in [-0.05, 0) is 19.0 Å². The van der Waals surface area contributed by atoms with E-state index in [0.717, 1.165) is 0 Å². The third kappa shape index (κ3) is 8.01. The van der Waals surface area contributed by atoms with Gasteiger partial charge < -0.3 is 9.29 Å². The minimum absolute atomic E-state index is 0.292. The van der Waals surface area contributed by atoms with Crippen LogP contribution in [0.3, 0.4) is 0 Å². The van der Waals surface area contributed by atoms with Crippen molar-refractivity contribution in [1.82, 2.24) is 0 Å². The summed E-state index contributed by atoms with van der Waals surface area (Å²) in [5.74, 6) is 0.619. The van der Waals surface area contributed by atoms with E-state index in [2.05, 4.69) is 6.58 Å². The molecule has 54 valence electrons. The normalized spacial score (nSPS) is 13.1. The molecular formula is C6H12O2S. The predicted molar refractivity (Wildman–Crippen MR) is 40.3 cm³/mol. The van der Waals surface area contributed by atoms with Gasteiger partial charge in [0.05, 0.1) is 12.7 Å². The Morgan fingerprint density at radius 1 is 1.89 bits per heavy atom. The Morgan fingerprint density at radius 2 is 2.56 bits per heavy atom. The highest BCUT2D eigenvalue weighted by atomic mass is 32.2. The molecule has 0 aromatic heterocycles. The minimum atomic E-state index is -0.292. The van der Waals surface area contributed by atoms with Crippen LogP contribution in [0.15, 0.2) is 12.7 Å². The first-order valence-corrected chi connectivity index (χ1v) is 3.71. The van der Waals surface area contributed by atoms with Crippen LogP contribution in [0, 0.1) is 0 Å². The van der Waals surface area contributed by atoms with Crippen molar-refractivity contribution in [1.29, 1.82) is 0 Å². The van der Waals surface area contributed by atoms with E-state index in [1.54, 1.807) is 13.0 Å². The second-order valence-electron chi connectivity index (χ2n) is 1.71. The average Bonchev–Trinajstić information content (AvgIpc) is 1.80. The smallest absolute Gasteiger partial charge is 0.0792 e. The molecule has 0 aliphatic carbocycles. The summed E-state index contributed by atoms with van der Waals surface area (Å²) >= 11 is 1.26. The summed E-state index contributed by atoms with van der Waals surface area (Å²) in [7, 11) is 0. The van der Waals surface area contributed by atoms with Gasteiger partial charge in [0.1, 0.15) is 0 Å². The second-order valence-corrected chi connectivity index (χ2v) is 2.51. The molecule has 3 heteroatoms. The van der Waals surface area contributed by atoms with E-state index < -0.39 is 0 Å². The van der Waals surface area contributed by atoms with Crippen LogP contribution < -0.4 is 0 Å². The van der Waals surface area contributed by atoms with Crippen LogP contribution in [0.4, 0.5) is 0 Å². The van der Waals surface area contributed by atoms with Crippen LogP contribution in [0.2, 0.25) is 0 Å². The topological polar surface area (TPSA) is 29.5 Å². The van der Waals surface area contributed by atoms with Gasteiger partial charge in [-0.1, -0.05) is 6.08 Å². The lowest BCUT2D eigenvalue weighted by Crippen LogP contribution is -2.02. The number of hydrogen-bond donors (Lipinski definition) is 1. The van der Waals surface area contributed by atoms with Crippen molar-refractivity contribution in [3.63, 3.8) is 0 Å². The van der Waals surface area contributed by atoms with Gasteiger partial charge >= 0.3 is 0 Å². The van der Waals surface area contributed by atoms with Crippen LogP contribution in [-0.4, -0.2) is 23.6 Å². The van der Waals surface area contributed by atoms with Gasteiger partial charge in [-0.3, -0.25) is 0 Å². The maximum absolute atomic E-state index is 8.73. The van der Waals surface area contributed by atoms with E-state index >= 15 is 0 Å². The monoisotopic (exact) mass is 148 g/mol. The number of hydrogen-bond acceptors (Lipinski definition) is 3. The van der Waals surface area contributed by atoms with Gasteiger partial charge in [0, 0.05) is 5.75 Å². The summed E-state index contributed by atoms with van der Waals surface area (Å²) in [5, 5.41) is 8.73. The Kier molecular flexibility index (Phi) is 6.14. The summed E-state index contributed by atoms with van der Waals surface area (Å²) in [4.78, 5) is 0. The molecule has 0 heterocycles. The summed E-state index contributed by atoms with van der Waals surface area (Å²) in [6.45, 7) is 5.74. The van der Waals surface area contributed by atoms with Crippen LogP contribution in [-0.2, 0) is 4.18 Å². The Hall–Kier alpha value is 0.01000. The molecule has 0 aliphatic heterocycles. The minimum Gasteiger partial charge on any atom is -0.392 e. The Labute approximate surface area is 60.1 Å². The largest absolute Gasteiger partial charge is 0.392 e. The third-order valence-corrected chi connectivity index (χ3v) is 1.50. The number of aliphatic hydroxyl groups excluding tert-OH is 1. The highest BCUT2D eigenvalue weighted by molar-refractivity contribution is 7.94. The van der Waals surface area contributed by atoms with Gasteiger partial charge in [0.2, 0.25) is 0 Å². The van der Waals surface area contributed by atoms with Crippen molar-refractivity contribution in [3.8, 4) is 0 Å². The van der Waals surface area contributed by atoms with E-state index in [4.69, 9.17) is 9.29 Å². The molecule has 0 saturated heterocycles. The molecule has 0 aliphatic rings. The molecule has 0 fully saturated rings. The predicted octanol–water partition coefficient (Wildman–Crippen LogP) is 1.22. The van der Waals surface area contributed by atoms with Crippen molar-refractivity contribution in [2.75, 3.05) is 12.4 Å². The summed E-state index contributed by atoms with van der Waals surface area (Å²) in [6.07, 6.45) is 1.38. The zero-order valence-electron chi connectivity index (χ0n) is 5.54. The lowest BCUT2D eigenvalue weighted by atomic mass is 10.5. The SMILES string of the molecule is C=CCOSCC(C)O. The molecule has 0 aromatic carbocycles.